The SMILES string of the molecule is Cc1cc(OC(=O)c2ccccc2C)ccc1Br. The molecule has 0 heterocycles. The lowest BCUT2D eigenvalue weighted by molar-refractivity contribution is 0.0734. The minimum absolute atomic E-state index is 0.324. The third-order valence-corrected chi connectivity index (χ3v) is 3.59. The van der Waals surface area contributed by atoms with Crippen LogP contribution in [0.2, 0.25) is 0 Å². The highest BCUT2D eigenvalue weighted by Gasteiger charge is 2.11. The number of rotatable bonds is 2. The Morgan fingerprint density at radius 3 is 2.44 bits per heavy atom. The number of carbonyl (C=O) groups is 1. The van der Waals surface area contributed by atoms with E-state index in [0.717, 1.165) is 15.6 Å². The molecule has 2 aromatic carbocycles. The van der Waals surface area contributed by atoms with Gasteiger partial charge in [-0.05, 0) is 49.2 Å². The third-order valence-electron chi connectivity index (χ3n) is 2.70. The van der Waals surface area contributed by atoms with Crippen LogP contribution in [-0.4, -0.2) is 5.97 Å². The maximum absolute atomic E-state index is 12.0. The van der Waals surface area contributed by atoms with Crippen molar-refractivity contribution < 1.29 is 9.53 Å². The first-order valence-electron chi connectivity index (χ1n) is 5.62. The maximum atomic E-state index is 12.0. The molecule has 0 saturated carbocycles. The number of hydrogen-bond donors (Lipinski definition) is 0. The zero-order valence-electron chi connectivity index (χ0n) is 10.2. The number of aryl methyl sites for hydroxylation is 2. The van der Waals surface area contributed by atoms with Crippen LogP contribution in [0.1, 0.15) is 21.5 Å². The highest BCUT2D eigenvalue weighted by Crippen LogP contribution is 2.22. The van der Waals surface area contributed by atoms with E-state index < -0.39 is 0 Å². The van der Waals surface area contributed by atoms with E-state index in [1.165, 1.54) is 0 Å². The molecular weight excluding hydrogens is 292 g/mol. The summed E-state index contributed by atoms with van der Waals surface area (Å²) in [5.41, 5.74) is 2.54. The van der Waals surface area contributed by atoms with Crippen LogP contribution in [0.4, 0.5) is 0 Å². The summed E-state index contributed by atoms with van der Waals surface area (Å²) in [6, 6.07) is 12.9. The third kappa shape index (κ3) is 2.79. The van der Waals surface area contributed by atoms with Gasteiger partial charge in [0.2, 0.25) is 0 Å². The van der Waals surface area contributed by atoms with Crippen LogP contribution in [0.15, 0.2) is 46.9 Å². The van der Waals surface area contributed by atoms with E-state index in [-0.39, 0.29) is 5.97 Å². The molecule has 0 aliphatic rings. The Morgan fingerprint density at radius 1 is 1.06 bits per heavy atom. The van der Waals surface area contributed by atoms with Gasteiger partial charge in [0.1, 0.15) is 5.75 Å². The Hall–Kier alpha value is -1.61. The van der Waals surface area contributed by atoms with Crippen LogP contribution >= 0.6 is 15.9 Å². The van der Waals surface area contributed by atoms with E-state index >= 15 is 0 Å². The topological polar surface area (TPSA) is 26.3 Å². The number of esters is 1. The summed E-state index contributed by atoms with van der Waals surface area (Å²) >= 11 is 3.41. The van der Waals surface area contributed by atoms with Crippen molar-refractivity contribution in [1.82, 2.24) is 0 Å². The van der Waals surface area contributed by atoms with E-state index in [4.69, 9.17) is 4.74 Å². The van der Waals surface area contributed by atoms with E-state index in [0.29, 0.717) is 11.3 Å². The van der Waals surface area contributed by atoms with Gasteiger partial charge in [-0.2, -0.15) is 0 Å². The van der Waals surface area contributed by atoms with E-state index in [1.54, 1.807) is 12.1 Å². The Labute approximate surface area is 115 Å². The van der Waals surface area contributed by atoms with Crippen molar-refractivity contribution in [1.29, 1.82) is 0 Å². The molecule has 0 aliphatic heterocycles. The molecular formula is C15H13BrO2. The Morgan fingerprint density at radius 2 is 1.78 bits per heavy atom. The van der Waals surface area contributed by atoms with Crippen molar-refractivity contribution in [2.45, 2.75) is 13.8 Å². The van der Waals surface area contributed by atoms with Crippen molar-refractivity contribution >= 4 is 21.9 Å². The number of hydrogen-bond acceptors (Lipinski definition) is 2. The largest absolute Gasteiger partial charge is 0.423 e. The molecule has 2 rings (SSSR count). The molecule has 2 nitrogen and oxygen atoms in total. The van der Waals surface area contributed by atoms with Gasteiger partial charge in [0.25, 0.3) is 0 Å². The Bertz CT molecular complexity index is 591. The van der Waals surface area contributed by atoms with Gasteiger partial charge >= 0.3 is 5.97 Å². The normalized spacial score (nSPS) is 10.2. The van der Waals surface area contributed by atoms with Gasteiger partial charge < -0.3 is 4.74 Å². The molecule has 0 saturated heterocycles. The molecule has 92 valence electrons. The summed E-state index contributed by atoms with van der Waals surface area (Å²) in [6.45, 7) is 3.85. The van der Waals surface area contributed by atoms with Crippen LogP contribution in [0.3, 0.4) is 0 Å². The Balaban J connectivity index is 2.22. The molecule has 3 heteroatoms. The maximum Gasteiger partial charge on any atom is 0.343 e. The highest BCUT2D eigenvalue weighted by molar-refractivity contribution is 9.10. The molecule has 0 N–H and O–H groups in total. The lowest BCUT2D eigenvalue weighted by atomic mass is 10.1. The summed E-state index contributed by atoms with van der Waals surface area (Å²) in [5.74, 6) is 0.235. The van der Waals surface area contributed by atoms with Gasteiger partial charge in [-0.3, -0.25) is 0 Å². The second-order valence-electron chi connectivity index (χ2n) is 4.12. The minimum atomic E-state index is -0.324. The monoisotopic (exact) mass is 304 g/mol. The van der Waals surface area contributed by atoms with Crippen molar-refractivity contribution in [3.05, 3.63) is 63.6 Å². The zero-order chi connectivity index (χ0) is 13.1. The zero-order valence-corrected chi connectivity index (χ0v) is 11.8. The van der Waals surface area contributed by atoms with E-state index in [1.807, 2.05) is 44.2 Å². The average Bonchev–Trinajstić information content (AvgIpc) is 2.34. The fraction of sp³-hybridized carbons (Fsp3) is 0.133. The summed E-state index contributed by atoms with van der Waals surface area (Å²) in [7, 11) is 0. The number of carbonyl (C=O) groups excluding carboxylic acids is 1. The number of benzene rings is 2. The number of ether oxygens (including phenoxy) is 1. The smallest absolute Gasteiger partial charge is 0.343 e. The summed E-state index contributed by atoms with van der Waals surface area (Å²) in [6.07, 6.45) is 0. The highest BCUT2D eigenvalue weighted by atomic mass is 79.9. The van der Waals surface area contributed by atoms with Gasteiger partial charge in [0.15, 0.2) is 0 Å². The molecule has 0 fully saturated rings. The van der Waals surface area contributed by atoms with Crippen molar-refractivity contribution in [2.24, 2.45) is 0 Å². The molecule has 0 bridgehead atoms. The quantitative estimate of drug-likeness (QED) is 0.611. The molecule has 18 heavy (non-hydrogen) atoms. The van der Waals surface area contributed by atoms with Gasteiger partial charge in [-0.15, -0.1) is 0 Å². The molecule has 0 aromatic heterocycles. The van der Waals surface area contributed by atoms with Gasteiger partial charge in [-0.1, -0.05) is 34.1 Å². The van der Waals surface area contributed by atoms with Crippen LogP contribution in [-0.2, 0) is 0 Å². The first kappa shape index (κ1) is 12.8. The van der Waals surface area contributed by atoms with Crippen LogP contribution in [0.25, 0.3) is 0 Å². The van der Waals surface area contributed by atoms with Crippen LogP contribution < -0.4 is 4.74 Å². The van der Waals surface area contributed by atoms with E-state index in [9.17, 15) is 4.79 Å². The second kappa shape index (κ2) is 5.36. The van der Waals surface area contributed by atoms with Gasteiger partial charge in [-0.25, -0.2) is 4.79 Å². The minimum Gasteiger partial charge on any atom is -0.423 e. The molecule has 0 atom stereocenters. The fourth-order valence-electron chi connectivity index (χ4n) is 1.64. The first-order valence-corrected chi connectivity index (χ1v) is 6.41. The molecule has 2 aromatic rings. The molecule has 0 radical (unpaired) electrons. The van der Waals surface area contributed by atoms with Crippen LogP contribution in [0.5, 0.6) is 5.75 Å². The molecule has 0 unspecified atom stereocenters. The second-order valence-corrected chi connectivity index (χ2v) is 4.97. The lowest BCUT2D eigenvalue weighted by Crippen LogP contribution is -2.10. The van der Waals surface area contributed by atoms with Crippen LogP contribution in [0, 0.1) is 13.8 Å². The lowest BCUT2D eigenvalue weighted by Gasteiger charge is -2.07. The van der Waals surface area contributed by atoms with Crippen molar-refractivity contribution in [2.75, 3.05) is 0 Å². The predicted octanol–water partition coefficient (Wildman–Crippen LogP) is 4.29. The summed E-state index contributed by atoms with van der Waals surface area (Å²) < 4.78 is 6.36. The summed E-state index contributed by atoms with van der Waals surface area (Å²) in [5, 5.41) is 0. The summed E-state index contributed by atoms with van der Waals surface area (Å²) in [4.78, 5) is 12.0. The van der Waals surface area contributed by atoms with E-state index in [2.05, 4.69) is 15.9 Å². The molecule has 0 spiro atoms. The van der Waals surface area contributed by atoms with Gasteiger partial charge in [0.05, 0.1) is 5.56 Å². The average molecular weight is 305 g/mol. The van der Waals surface area contributed by atoms with Crippen molar-refractivity contribution in [3.63, 3.8) is 0 Å². The Kier molecular flexibility index (Phi) is 3.82. The number of halogens is 1. The first-order chi connectivity index (χ1) is 8.58. The molecule has 0 amide bonds. The molecule has 0 aliphatic carbocycles. The predicted molar refractivity (Wildman–Crippen MR) is 75.0 cm³/mol. The standard InChI is InChI=1S/C15H13BrO2/c1-10-5-3-4-6-13(10)15(17)18-12-7-8-14(16)11(2)9-12/h3-9H,1-2H3. The fourth-order valence-corrected chi connectivity index (χ4v) is 1.89. The van der Waals surface area contributed by atoms with Crippen molar-refractivity contribution in [3.8, 4) is 5.75 Å². The van der Waals surface area contributed by atoms with Gasteiger partial charge in [0, 0.05) is 4.47 Å².